The molecule has 0 saturated carbocycles. The second-order valence-corrected chi connectivity index (χ2v) is 7.69. The quantitative estimate of drug-likeness (QED) is 0.894. The summed E-state index contributed by atoms with van der Waals surface area (Å²) >= 11 is 5.82. The Kier molecular flexibility index (Phi) is 4.15. The molecular weight excluding hydrogens is 352 g/mol. The highest BCUT2D eigenvalue weighted by atomic mass is 35.5. The monoisotopic (exact) mass is 366 g/mol. The Hall–Kier alpha value is -2.25. The van der Waals surface area contributed by atoms with Crippen LogP contribution in [-0.2, 0) is 10.0 Å². The summed E-state index contributed by atoms with van der Waals surface area (Å²) < 4.78 is 31.9. The number of ether oxygens (including phenoxy) is 1. The number of rotatable bonds is 3. The van der Waals surface area contributed by atoms with Crippen molar-refractivity contribution in [2.75, 3.05) is 9.62 Å². The maximum atomic E-state index is 12.8. The predicted molar refractivity (Wildman–Crippen MR) is 92.3 cm³/mol. The molecule has 1 heterocycles. The molecule has 2 aromatic rings. The Morgan fingerprint density at radius 3 is 2.42 bits per heavy atom. The van der Waals surface area contributed by atoms with Gasteiger partial charge in [0.2, 0.25) is 0 Å². The van der Waals surface area contributed by atoms with E-state index in [1.165, 1.54) is 36.4 Å². The van der Waals surface area contributed by atoms with E-state index in [2.05, 4.69) is 5.32 Å². The van der Waals surface area contributed by atoms with Gasteiger partial charge in [0.25, 0.3) is 10.0 Å². The van der Waals surface area contributed by atoms with Crippen LogP contribution in [0.1, 0.15) is 13.8 Å². The van der Waals surface area contributed by atoms with Crippen molar-refractivity contribution in [3.05, 3.63) is 47.5 Å². The molecular formula is C16H15ClN2O4S. The number of hydrogen-bond acceptors (Lipinski definition) is 4. The molecule has 126 valence electrons. The molecule has 24 heavy (non-hydrogen) atoms. The molecule has 2 amide bonds. The van der Waals surface area contributed by atoms with Gasteiger partial charge in [-0.05, 0) is 50.2 Å². The van der Waals surface area contributed by atoms with Crippen molar-refractivity contribution in [2.24, 2.45) is 0 Å². The largest absolute Gasteiger partial charge is 0.491 e. The van der Waals surface area contributed by atoms with Crippen LogP contribution in [0.25, 0.3) is 0 Å². The van der Waals surface area contributed by atoms with Gasteiger partial charge >= 0.3 is 6.03 Å². The molecule has 0 spiro atoms. The first-order valence-corrected chi connectivity index (χ1v) is 9.03. The Bertz CT molecular complexity index is 895. The molecule has 1 aliphatic heterocycles. The first-order chi connectivity index (χ1) is 11.3. The van der Waals surface area contributed by atoms with E-state index in [1.54, 1.807) is 6.07 Å². The number of hydrogen-bond donors (Lipinski definition) is 1. The molecule has 1 N–H and O–H groups in total. The third kappa shape index (κ3) is 2.92. The molecule has 8 heteroatoms. The summed E-state index contributed by atoms with van der Waals surface area (Å²) in [5.41, 5.74) is 0.411. The van der Waals surface area contributed by atoms with E-state index in [0.717, 1.165) is 0 Å². The summed E-state index contributed by atoms with van der Waals surface area (Å²) in [5, 5.41) is 3.04. The molecule has 0 atom stereocenters. The topological polar surface area (TPSA) is 75.7 Å². The van der Waals surface area contributed by atoms with E-state index >= 15 is 0 Å². The van der Waals surface area contributed by atoms with Crippen LogP contribution >= 0.6 is 11.6 Å². The summed E-state index contributed by atoms with van der Waals surface area (Å²) in [6.07, 6.45) is -0.0653. The van der Waals surface area contributed by atoms with Crippen LogP contribution in [-0.4, -0.2) is 20.6 Å². The fraction of sp³-hybridized carbons (Fsp3) is 0.188. The third-order valence-electron chi connectivity index (χ3n) is 3.33. The van der Waals surface area contributed by atoms with Crippen molar-refractivity contribution in [2.45, 2.75) is 24.8 Å². The summed E-state index contributed by atoms with van der Waals surface area (Å²) in [4.78, 5) is 12.4. The summed E-state index contributed by atoms with van der Waals surface area (Å²) in [7, 11) is -4.02. The van der Waals surface area contributed by atoms with Gasteiger partial charge < -0.3 is 10.1 Å². The average molecular weight is 367 g/mol. The number of nitrogens with zero attached hydrogens (tertiary/aromatic N) is 1. The number of amides is 2. The summed E-state index contributed by atoms with van der Waals surface area (Å²) in [5.74, 6) is 0.485. The fourth-order valence-electron chi connectivity index (χ4n) is 2.38. The van der Waals surface area contributed by atoms with Gasteiger partial charge in [-0.25, -0.2) is 13.2 Å². The maximum Gasteiger partial charge on any atom is 0.340 e. The van der Waals surface area contributed by atoms with E-state index in [1.807, 2.05) is 13.8 Å². The van der Waals surface area contributed by atoms with Crippen molar-refractivity contribution in [3.8, 4) is 5.75 Å². The Morgan fingerprint density at radius 2 is 1.79 bits per heavy atom. The van der Waals surface area contributed by atoms with Crippen LogP contribution in [0.15, 0.2) is 47.4 Å². The van der Waals surface area contributed by atoms with Crippen LogP contribution in [0, 0.1) is 0 Å². The van der Waals surface area contributed by atoms with E-state index in [-0.39, 0.29) is 22.4 Å². The number of sulfonamides is 1. The molecule has 3 rings (SSSR count). The van der Waals surface area contributed by atoms with Gasteiger partial charge in [-0.1, -0.05) is 11.6 Å². The van der Waals surface area contributed by atoms with Crippen molar-refractivity contribution < 1.29 is 17.9 Å². The second-order valence-electron chi connectivity index (χ2n) is 5.50. The third-order valence-corrected chi connectivity index (χ3v) is 5.35. The predicted octanol–water partition coefficient (Wildman–Crippen LogP) is 3.87. The SMILES string of the molecule is CC(C)Oc1ccc2c(c1)NC(=O)N(c1ccc(Cl)cc1)S2(=O)=O. The first-order valence-electron chi connectivity index (χ1n) is 7.21. The van der Waals surface area contributed by atoms with Crippen LogP contribution in [0.3, 0.4) is 0 Å². The van der Waals surface area contributed by atoms with Gasteiger partial charge in [-0.15, -0.1) is 0 Å². The van der Waals surface area contributed by atoms with Crippen molar-refractivity contribution in [1.29, 1.82) is 0 Å². The van der Waals surface area contributed by atoms with Crippen molar-refractivity contribution >= 4 is 39.0 Å². The fourth-order valence-corrected chi connectivity index (χ4v) is 4.00. The number of anilines is 2. The van der Waals surface area contributed by atoms with E-state index < -0.39 is 16.1 Å². The van der Waals surface area contributed by atoms with Crippen molar-refractivity contribution in [1.82, 2.24) is 0 Å². The second kappa shape index (κ2) is 5.99. The van der Waals surface area contributed by atoms with E-state index in [0.29, 0.717) is 15.1 Å². The van der Waals surface area contributed by atoms with Gasteiger partial charge in [0.05, 0.1) is 17.5 Å². The Labute approximate surface area is 145 Å². The lowest BCUT2D eigenvalue weighted by Gasteiger charge is -2.29. The highest BCUT2D eigenvalue weighted by Crippen LogP contribution is 2.36. The molecule has 0 bridgehead atoms. The van der Waals surface area contributed by atoms with E-state index in [4.69, 9.17) is 16.3 Å². The van der Waals surface area contributed by atoms with Gasteiger partial charge in [0.15, 0.2) is 0 Å². The normalized spacial score (nSPS) is 15.8. The molecule has 0 radical (unpaired) electrons. The van der Waals surface area contributed by atoms with Crippen LogP contribution in [0.4, 0.5) is 16.2 Å². The summed E-state index contributed by atoms with van der Waals surface area (Å²) in [6, 6.07) is 9.72. The molecule has 0 aliphatic carbocycles. The minimum Gasteiger partial charge on any atom is -0.491 e. The molecule has 1 aliphatic rings. The molecule has 0 unspecified atom stereocenters. The molecule has 0 saturated heterocycles. The molecule has 0 fully saturated rings. The zero-order chi connectivity index (χ0) is 17.5. The van der Waals surface area contributed by atoms with Gasteiger partial charge in [0, 0.05) is 11.1 Å². The number of urea groups is 1. The molecule has 0 aromatic heterocycles. The number of halogens is 1. The van der Waals surface area contributed by atoms with Gasteiger partial charge in [-0.2, -0.15) is 4.31 Å². The Balaban J connectivity index is 2.06. The minimum atomic E-state index is -4.02. The lowest BCUT2D eigenvalue weighted by Crippen LogP contribution is -2.44. The number of benzene rings is 2. The van der Waals surface area contributed by atoms with Crippen LogP contribution in [0.5, 0.6) is 5.75 Å². The lowest BCUT2D eigenvalue weighted by molar-refractivity contribution is 0.242. The van der Waals surface area contributed by atoms with Crippen LogP contribution in [0.2, 0.25) is 5.02 Å². The first kappa shape index (κ1) is 16.6. The standard InChI is InChI=1S/C16H15ClN2O4S/c1-10(2)23-13-7-8-15-14(9-13)18-16(20)19(24(15,21)22)12-5-3-11(17)4-6-12/h3-10H,1-2H3,(H,18,20). The van der Waals surface area contributed by atoms with Crippen LogP contribution < -0.4 is 14.4 Å². The number of fused-ring (bicyclic) bond motifs is 1. The average Bonchev–Trinajstić information content (AvgIpc) is 2.47. The minimum absolute atomic E-state index is 0.00755. The maximum absolute atomic E-state index is 12.8. The number of carbonyl (C=O) groups is 1. The lowest BCUT2D eigenvalue weighted by atomic mass is 10.3. The Morgan fingerprint density at radius 1 is 1.12 bits per heavy atom. The smallest absolute Gasteiger partial charge is 0.340 e. The highest BCUT2D eigenvalue weighted by molar-refractivity contribution is 7.94. The zero-order valence-electron chi connectivity index (χ0n) is 13.0. The molecule has 2 aromatic carbocycles. The number of carbonyl (C=O) groups excluding carboxylic acids is 1. The zero-order valence-corrected chi connectivity index (χ0v) is 14.6. The number of nitrogens with one attached hydrogen (secondary N) is 1. The summed E-state index contributed by atoms with van der Waals surface area (Å²) in [6.45, 7) is 3.72. The van der Waals surface area contributed by atoms with E-state index in [9.17, 15) is 13.2 Å². The van der Waals surface area contributed by atoms with Crippen molar-refractivity contribution in [3.63, 3.8) is 0 Å². The van der Waals surface area contributed by atoms with Gasteiger partial charge in [-0.3, -0.25) is 0 Å². The highest BCUT2D eigenvalue weighted by Gasteiger charge is 2.38. The van der Waals surface area contributed by atoms with Gasteiger partial charge in [0.1, 0.15) is 10.6 Å². The molecule has 6 nitrogen and oxygen atoms in total.